The lowest BCUT2D eigenvalue weighted by Crippen LogP contribution is -2.44. The molecule has 8 heterocycles. The highest BCUT2D eigenvalue weighted by Crippen LogP contribution is 2.41. The van der Waals surface area contributed by atoms with Crippen LogP contribution in [0.4, 0.5) is 11.6 Å². The normalized spacial score (nSPS) is 24.7. The first kappa shape index (κ1) is 40.3. The van der Waals surface area contributed by atoms with E-state index in [4.69, 9.17) is 29.4 Å². The number of sulfone groups is 2. The van der Waals surface area contributed by atoms with E-state index in [9.17, 15) is 16.8 Å². The highest BCUT2D eigenvalue weighted by Gasteiger charge is 2.37. The van der Waals surface area contributed by atoms with Gasteiger partial charge in [-0.2, -0.15) is 0 Å². The Kier molecular flexibility index (Phi) is 10.8. The molecule has 0 bridgehead atoms. The van der Waals surface area contributed by atoms with Gasteiger partial charge in [-0.25, -0.2) is 36.8 Å². The molecule has 16 heteroatoms. The number of fused-ring (bicyclic) bond motifs is 2. The van der Waals surface area contributed by atoms with Crippen molar-refractivity contribution in [1.29, 1.82) is 0 Å². The molecule has 0 radical (unpaired) electrons. The van der Waals surface area contributed by atoms with Crippen molar-refractivity contribution < 1.29 is 26.3 Å². The fourth-order valence-electron chi connectivity index (χ4n) is 8.64. The van der Waals surface area contributed by atoms with Gasteiger partial charge in [0.1, 0.15) is 22.1 Å². The number of hydrogen-bond acceptors (Lipinski definition) is 14. The molecule has 0 unspecified atom stereocenters. The van der Waals surface area contributed by atoms with Gasteiger partial charge >= 0.3 is 0 Å². The Balaban J connectivity index is 0.000000154. The van der Waals surface area contributed by atoms with E-state index in [1.54, 1.807) is 38.4 Å². The molecule has 4 aliphatic heterocycles. The Labute approximate surface area is 351 Å². The minimum Gasteiger partial charge on any atom is -0.377 e. The molecule has 0 amide bonds. The summed E-state index contributed by atoms with van der Waals surface area (Å²) in [6.07, 6.45) is 17.8. The van der Waals surface area contributed by atoms with Crippen molar-refractivity contribution in [2.75, 3.05) is 49.3 Å². The molecule has 0 aromatic carbocycles. The van der Waals surface area contributed by atoms with Gasteiger partial charge < -0.3 is 19.3 Å². The van der Waals surface area contributed by atoms with Crippen LogP contribution in [0.2, 0.25) is 0 Å². The van der Waals surface area contributed by atoms with E-state index >= 15 is 0 Å². The fraction of sp³-hybridized carbons (Fsp3) is 0.409. The van der Waals surface area contributed by atoms with Crippen LogP contribution in [-0.4, -0.2) is 98.3 Å². The zero-order chi connectivity index (χ0) is 41.8. The molecule has 4 atom stereocenters. The lowest BCUT2D eigenvalue weighted by atomic mass is 10.1. The molecule has 0 saturated carbocycles. The third-order valence-electron chi connectivity index (χ3n) is 12.2. The molecule has 2 fully saturated rings. The van der Waals surface area contributed by atoms with Gasteiger partial charge in [0, 0.05) is 82.5 Å². The van der Waals surface area contributed by atoms with E-state index in [2.05, 4.69) is 45.8 Å². The van der Waals surface area contributed by atoms with Crippen molar-refractivity contribution in [1.82, 2.24) is 29.9 Å². The van der Waals surface area contributed by atoms with Gasteiger partial charge in [0.15, 0.2) is 31.3 Å². The third kappa shape index (κ3) is 7.37. The van der Waals surface area contributed by atoms with E-state index in [0.717, 1.165) is 58.1 Å². The van der Waals surface area contributed by atoms with Crippen LogP contribution in [-0.2, 0) is 42.0 Å². The highest BCUT2D eigenvalue weighted by molar-refractivity contribution is 7.96. The van der Waals surface area contributed by atoms with E-state index < -0.39 is 30.2 Å². The van der Waals surface area contributed by atoms with Gasteiger partial charge in [-0.05, 0) is 52.7 Å². The number of rotatable bonds is 6. The van der Waals surface area contributed by atoms with Crippen LogP contribution in [0.25, 0.3) is 34.9 Å². The lowest BCUT2D eigenvalue weighted by molar-refractivity contribution is 0.0985. The van der Waals surface area contributed by atoms with Gasteiger partial charge in [-0.15, -0.1) is 0 Å². The number of hydrogen-bond donors (Lipinski definition) is 0. The van der Waals surface area contributed by atoms with Crippen molar-refractivity contribution in [3.63, 3.8) is 0 Å². The molecule has 312 valence electrons. The number of ether oxygens (including phenoxy) is 2. The summed E-state index contributed by atoms with van der Waals surface area (Å²) in [5.74, 6) is 2.59. The maximum Gasteiger partial charge on any atom is 0.182 e. The van der Waals surface area contributed by atoms with Crippen LogP contribution in [0.15, 0.2) is 70.8 Å². The van der Waals surface area contributed by atoms with E-state index in [1.807, 2.05) is 36.4 Å². The maximum atomic E-state index is 12.9. The summed E-state index contributed by atoms with van der Waals surface area (Å²) in [6, 6.07) is 7.81. The number of nitrogens with zero attached hydrogens (tertiary/aromatic N) is 8. The Bertz CT molecular complexity index is 2530. The minimum atomic E-state index is -3.39. The third-order valence-corrected chi connectivity index (χ3v) is 16.6. The average molecular weight is 849 g/mol. The summed E-state index contributed by atoms with van der Waals surface area (Å²) < 4.78 is 62.7. The predicted octanol–water partition coefficient (Wildman–Crippen LogP) is 6.19. The predicted molar refractivity (Wildman–Crippen MR) is 231 cm³/mol. The van der Waals surface area contributed by atoms with Crippen molar-refractivity contribution >= 4 is 43.5 Å². The number of pyridine rings is 2. The summed E-state index contributed by atoms with van der Waals surface area (Å²) in [4.78, 5) is 33.4. The minimum absolute atomic E-state index is 0.150. The molecule has 0 N–H and O–H groups in total. The first-order valence-corrected chi connectivity index (χ1v) is 23.6. The lowest BCUT2D eigenvalue weighted by Gasteiger charge is -2.34. The van der Waals surface area contributed by atoms with Crippen LogP contribution in [0, 0.1) is 0 Å². The Hall–Kier alpha value is -5.16. The highest BCUT2D eigenvalue weighted by atomic mass is 32.2. The zero-order valence-corrected chi connectivity index (χ0v) is 35.8. The second kappa shape index (κ2) is 16.0. The molecule has 0 spiro atoms. The molecule has 10 rings (SSSR count). The zero-order valence-electron chi connectivity index (χ0n) is 34.2. The van der Waals surface area contributed by atoms with Gasteiger partial charge in [0.05, 0.1) is 61.3 Å². The SMILES string of the molecule is CC1=CC[C@@H](c2cc(N3CCOC[C@H]3C)nc(-c3ccnc4c3C=CC4)n2)S1(=O)=O.CC1=CC[C@H](c2cc(N3CCOC[C@H]3C)nc(-c3ccnc4c3C=CC4)n2)S1(=O)=O. The largest absolute Gasteiger partial charge is 0.377 e. The number of allylic oxidation sites excluding steroid dienone is 6. The monoisotopic (exact) mass is 848 g/mol. The molecule has 2 saturated heterocycles. The van der Waals surface area contributed by atoms with Crippen molar-refractivity contribution in [3.8, 4) is 22.8 Å². The van der Waals surface area contributed by atoms with E-state index in [-0.39, 0.29) is 12.1 Å². The quantitative estimate of drug-likeness (QED) is 0.215. The van der Waals surface area contributed by atoms with E-state index in [0.29, 0.717) is 85.2 Å². The molecule has 4 aromatic heterocycles. The topological polar surface area (TPSA) is 171 Å². The Morgan fingerprint density at radius 1 is 0.633 bits per heavy atom. The Morgan fingerprint density at radius 3 is 1.45 bits per heavy atom. The van der Waals surface area contributed by atoms with Gasteiger partial charge in [-0.3, -0.25) is 9.97 Å². The molecule has 2 aliphatic carbocycles. The average Bonchev–Trinajstić information content (AvgIpc) is 4.04. The summed E-state index contributed by atoms with van der Waals surface area (Å²) >= 11 is 0. The van der Waals surface area contributed by atoms with Crippen LogP contribution in [0.3, 0.4) is 0 Å². The van der Waals surface area contributed by atoms with Gasteiger partial charge in [-0.1, -0.05) is 36.5 Å². The van der Waals surface area contributed by atoms with Crippen LogP contribution >= 0.6 is 0 Å². The summed E-state index contributed by atoms with van der Waals surface area (Å²) in [5.41, 5.74) is 6.89. The second-order valence-corrected chi connectivity index (χ2v) is 20.6. The molecular formula is C44H48N8O6S2. The molecule has 60 heavy (non-hydrogen) atoms. The standard InChI is InChI=1S/2C22H24N4O3S/c2*1-14-13-29-11-10-26(14)21-12-19(20-7-6-15(2)30(20,27)28)24-22(25-21)17-8-9-23-18-5-3-4-16(17)18/h2*3-4,6,8-9,12,14,20H,5,7,10-11,13H2,1-2H3/t14-,20+;14-,20-/m11/s1. The summed E-state index contributed by atoms with van der Waals surface area (Å²) in [5, 5.41) is -1.33. The maximum absolute atomic E-state index is 12.9. The van der Waals surface area contributed by atoms with Crippen LogP contribution in [0.1, 0.15) is 84.9 Å². The van der Waals surface area contributed by atoms with E-state index in [1.165, 1.54) is 0 Å². The Morgan fingerprint density at radius 2 is 1.07 bits per heavy atom. The number of morpholine rings is 2. The number of anilines is 2. The first-order chi connectivity index (χ1) is 28.9. The second-order valence-electron chi connectivity index (χ2n) is 16.0. The summed E-state index contributed by atoms with van der Waals surface area (Å²) in [7, 11) is -6.78. The molecule has 4 aromatic rings. The first-order valence-electron chi connectivity index (χ1n) is 20.5. The van der Waals surface area contributed by atoms with Crippen LogP contribution < -0.4 is 9.80 Å². The number of aromatic nitrogens is 6. The van der Waals surface area contributed by atoms with Gasteiger partial charge in [0.2, 0.25) is 0 Å². The summed E-state index contributed by atoms with van der Waals surface area (Å²) in [6.45, 7) is 11.4. The van der Waals surface area contributed by atoms with Gasteiger partial charge in [0.25, 0.3) is 0 Å². The molecule has 14 nitrogen and oxygen atoms in total. The van der Waals surface area contributed by atoms with Crippen molar-refractivity contribution in [2.45, 2.75) is 76.0 Å². The molecular weight excluding hydrogens is 801 g/mol. The van der Waals surface area contributed by atoms with Crippen LogP contribution in [0.5, 0.6) is 0 Å². The van der Waals surface area contributed by atoms with Crippen molar-refractivity contribution in [2.24, 2.45) is 0 Å². The fourth-order valence-corrected chi connectivity index (χ4v) is 11.8. The molecule has 6 aliphatic rings. The van der Waals surface area contributed by atoms with Crippen molar-refractivity contribution in [3.05, 3.63) is 105 Å². The smallest absolute Gasteiger partial charge is 0.182 e.